The standard InChI is InChI=1S/C29H33N7O/c1-19-13-26(32-18-31-19)23-5-6-25-27(16-23)34-28(33-25)17-24-15-22(7-8-30-24)20(2)35-9-11-36(12-10-35)29(37)14-21-3-4-21/h5-8,13,15-16,18,20-21H,3-4,9-12,14,17H2,1-2H3,(H,33,34). The van der Waals surface area contributed by atoms with E-state index in [0.29, 0.717) is 18.2 Å². The van der Waals surface area contributed by atoms with E-state index in [9.17, 15) is 4.79 Å². The van der Waals surface area contributed by atoms with Crippen molar-refractivity contribution in [2.45, 2.75) is 45.6 Å². The van der Waals surface area contributed by atoms with Gasteiger partial charge in [-0.15, -0.1) is 0 Å². The molecule has 8 nitrogen and oxygen atoms in total. The topological polar surface area (TPSA) is 90.9 Å². The number of carbonyl (C=O) groups is 1. The number of nitrogens with one attached hydrogen (secondary N) is 1. The molecule has 1 atom stereocenters. The average Bonchev–Trinajstić information content (AvgIpc) is 3.64. The van der Waals surface area contributed by atoms with Crippen LogP contribution in [-0.2, 0) is 11.2 Å². The van der Waals surface area contributed by atoms with Crippen LogP contribution in [0.3, 0.4) is 0 Å². The molecule has 4 aromatic rings. The first-order valence-electron chi connectivity index (χ1n) is 13.3. The molecule has 4 heterocycles. The number of hydrogen-bond acceptors (Lipinski definition) is 6. The highest BCUT2D eigenvalue weighted by atomic mass is 16.2. The molecule has 1 saturated heterocycles. The number of piperazine rings is 1. The third-order valence-electron chi connectivity index (χ3n) is 7.68. The van der Waals surface area contributed by atoms with Crippen molar-refractivity contribution in [2.75, 3.05) is 26.2 Å². The molecular weight excluding hydrogens is 462 g/mol. The van der Waals surface area contributed by atoms with Crippen LogP contribution in [0.5, 0.6) is 0 Å². The van der Waals surface area contributed by atoms with E-state index in [0.717, 1.165) is 72.1 Å². The Balaban J connectivity index is 1.12. The normalized spacial score (nSPS) is 17.3. The van der Waals surface area contributed by atoms with Crippen LogP contribution in [0, 0.1) is 12.8 Å². The third kappa shape index (κ3) is 5.39. The summed E-state index contributed by atoms with van der Waals surface area (Å²) in [4.78, 5) is 38.5. The number of carbonyl (C=O) groups excluding carboxylic acids is 1. The van der Waals surface area contributed by atoms with Crippen LogP contribution in [0.4, 0.5) is 0 Å². The summed E-state index contributed by atoms with van der Waals surface area (Å²) in [6, 6.07) is 12.7. The number of nitrogens with zero attached hydrogens (tertiary/aromatic N) is 6. The molecule has 190 valence electrons. The van der Waals surface area contributed by atoms with E-state index in [-0.39, 0.29) is 6.04 Å². The molecule has 1 amide bonds. The van der Waals surface area contributed by atoms with Gasteiger partial charge in [0.15, 0.2) is 0 Å². The summed E-state index contributed by atoms with van der Waals surface area (Å²) in [5.41, 5.74) is 7.05. The Morgan fingerprint density at radius 2 is 1.89 bits per heavy atom. The Morgan fingerprint density at radius 3 is 2.68 bits per heavy atom. The van der Waals surface area contributed by atoms with Gasteiger partial charge in [0, 0.05) is 68.2 Å². The van der Waals surface area contributed by atoms with Crippen molar-refractivity contribution in [2.24, 2.45) is 5.92 Å². The minimum absolute atomic E-state index is 0.275. The molecule has 1 aliphatic heterocycles. The summed E-state index contributed by atoms with van der Waals surface area (Å²) in [5, 5.41) is 0. The smallest absolute Gasteiger partial charge is 0.222 e. The molecule has 2 aliphatic rings. The molecule has 1 N–H and O–H groups in total. The molecule has 1 aliphatic carbocycles. The van der Waals surface area contributed by atoms with E-state index in [4.69, 9.17) is 4.98 Å². The second kappa shape index (κ2) is 10.0. The van der Waals surface area contributed by atoms with Gasteiger partial charge in [0.1, 0.15) is 12.2 Å². The van der Waals surface area contributed by atoms with Crippen LogP contribution in [0.1, 0.15) is 55.0 Å². The zero-order valence-corrected chi connectivity index (χ0v) is 21.5. The molecule has 0 spiro atoms. The molecule has 3 aromatic heterocycles. The second-order valence-electron chi connectivity index (χ2n) is 10.5. The predicted octanol–water partition coefficient (Wildman–Crippen LogP) is 4.32. The van der Waals surface area contributed by atoms with Crippen molar-refractivity contribution in [3.8, 4) is 11.3 Å². The second-order valence-corrected chi connectivity index (χ2v) is 10.5. The molecule has 1 unspecified atom stereocenters. The number of fused-ring (bicyclic) bond motifs is 1. The molecule has 0 bridgehead atoms. The van der Waals surface area contributed by atoms with Crippen molar-refractivity contribution in [3.05, 3.63) is 71.7 Å². The van der Waals surface area contributed by atoms with Gasteiger partial charge in [0.25, 0.3) is 0 Å². The van der Waals surface area contributed by atoms with Crippen LogP contribution in [0.15, 0.2) is 48.9 Å². The number of benzene rings is 1. The number of rotatable bonds is 7. The van der Waals surface area contributed by atoms with Crippen molar-refractivity contribution >= 4 is 16.9 Å². The zero-order chi connectivity index (χ0) is 25.4. The SMILES string of the molecule is Cc1cc(-c2ccc3nc(Cc4cc(C(C)N5CCN(C(=O)CC6CC6)CC5)ccn4)[nH]c3c2)ncn1. The minimum atomic E-state index is 0.275. The quantitative estimate of drug-likeness (QED) is 0.411. The van der Waals surface area contributed by atoms with E-state index in [1.165, 1.54) is 18.4 Å². The van der Waals surface area contributed by atoms with Gasteiger partial charge >= 0.3 is 0 Å². The maximum atomic E-state index is 12.5. The molecule has 8 heteroatoms. The predicted molar refractivity (Wildman–Crippen MR) is 143 cm³/mol. The fourth-order valence-electron chi connectivity index (χ4n) is 5.21. The molecule has 1 saturated carbocycles. The van der Waals surface area contributed by atoms with E-state index in [1.807, 2.05) is 25.3 Å². The highest BCUT2D eigenvalue weighted by Crippen LogP contribution is 2.33. The molecule has 1 aromatic carbocycles. The lowest BCUT2D eigenvalue weighted by atomic mass is 10.1. The van der Waals surface area contributed by atoms with E-state index in [2.05, 4.69) is 60.9 Å². The Morgan fingerprint density at radius 1 is 1.05 bits per heavy atom. The Bertz CT molecular complexity index is 1420. The Hall–Kier alpha value is -3.65. The minimum Gasteiger partial charge on any atom is -0.342 e. The van der Waals surface area contributed by atoms with Crippen LogP contribution in [-0.4, -0.2) is 66.8 Å². The fourth-order valence-corrected chi connectivity index (χ4v) is 5.21. The summed E-state index contributed by atoms with van der Waals surface area (Å²) in [6.45, 7) is 7.68. The number of aryl methyl sites for hydroxylation is 1. The van der Waals surface area contributed by atoms with Gasteiger partial charge in [-0.2, -0.15) is 0 Å². The summed E-state index contributed by atoms with van der Waals surface area (Å²) in [6.07, 6.45) is 7.33. The average molecular weight is 496 g/mol. The lowest BCUT2D eigenvalue weighted by Gasteiger charge is -2.38. The first-order valence-corrected chi connectivity index (χ1v) is 13.3. The molecule has 0 radical (unpaired) electrons. The number of pyridine rings is 1. The summed E-state index contributed by atoms with van der Waals surface area (Å²) in [5.74, 6) is 1.88. The number of H-pyrrole nitrogens is 1. The van der Waals surface area contributed by atoms with Crippen LogP contribution < -0.4 is 0 Å². The van der Waals surface area contributed by atoms with Gasteiger partial charge in [0.05, 0.1) is 16.7 Å². The molecule has 6 rings (SSSR count). The number of imidazole rings is 1. The van der Waals surface area contributed by atoms with Crippen molar-refractivity contribution in [1.82, 2.24) is 34.7 Å². The van der Waals surface area contributed by atoms with Crippen LogP contribution in [0.2, 0.25) is 0 Å². The molecule has 2 fully saturated rings. The van der Waals surface area contributed by atoms with Gasteiger partial charge in [-0.05, 0) is 68.5 Å². The Labute approximate surface area is 217 Å². The zero-order valence-electron chi connectivity index (χ0n) is 21.5. The van der Waals surface area contributed by atoms with Crippen molar-refractivity contribution in [3.63, 3.8) is 0 Å². The van der Waals surface area contributed by atoms with E-state index in [1.54, 1.807) is 6.33 Å². The van der Waals surface area contributed by atoms with Crippen LogP contribution >= 0.6 is 0 Å². The number of amides is 1. The van der Waals surface area contributed by atoms with Gasteiger partial charge in [-0.1, -0.05) is 6.07 Å². The van der Waals surface area contributed by atoms with Gasteiger partial charge in [0.2, 0.25) is 5.91 Å². The van der Waals surface area contributed by atoms with Gasteiger partial charge in [-0.3, -0.25) is 14.7 Å². The maximum Gasteiger partial charge on any atom is 0.222 e. The van der Waals surface area contributed by atoms with Gasteiger partial charge < -0.3 is 9.88 Å². The highest BCUT2D eigenvalue weighted by molar-refractivity contribution is 5.81. The number of aromatic amines is 1. The lowest BCUT2D eigenvalue weighted by Crippen LogP contribution is -2.49. The summed E-state index contributed by atoms with van der Waals surface area (Å²) < 4.78 is 0. The van der Waals surface area contributed by atoms with Crippen molar-refractivity contribution < 1.29 is 4.79 Å². The van der Waals surface area contributed by atoms with Crippen molar-refractivity contribution in [1.29, 1.82) is 0 Å². The maximum absolute atomic E-state index is 12.5. The van der Waals surface area contributed by atoms with E-state index < -0.39 is 0 Å². The lowest BCUT2D eigenvalue weighted by molar-refractivity contribution is -0.133. The first-order chi connectivity index (χ1) is 18.0. The monoisotopic (exact) mass is 495 g/mol. The van der Waals surface area contributed by atoms with E-state index >= 15 is 0 Å². The Kier molecular flexibility index (Phi) is 6.42. The summed E-state index contributed by atoms with van der Waals surface area (Å²) in [7, 11) is 0. The van der Waals surface area contributed by atoms with Gasteiger partial charge in [-0.25, -0.2) is 15.0 Å². The number of aromatic nitrogens is 5. The summed E-state index contributed by atoms with van der Waals surface area (Å²) >= 11 is 0. The number of hydrogen-bond donors (Lipinski definition) is 1. The highest BCUT2D eigenvalue weighted by Gasteiger charge is 2.29. The first kappa shape index (κ1) is 23.7. The largest absolute Gasteiger partial charge is 0.342 e. The van der Waals surface area contributed by atoms with Crippen LogP contribution in [0.25, 0.3) is 22.3 Å². The third-order valence-corrected chi connectivity index (χ3v) is 7.68. The molecule has 37 heavy (non-hydrogen) atoms. The fraction of sp³-hybridized carbons (Fsp3) is 0.414. The molecular formula is C29H33N7O.